The molecule has 8 saturated heterocycles. The largest absolute Gasteiger partial charge is 0.447 e. The number of halogens is 12. The van der Waals surface area contributed by atoms with Crippen molar-refractivity contribution in [1.82, 2.24) is 0 Å². The molecule has 0 aromatic carbocycles. The Kier molecular flexibility index (Phi) is 6.41. The van der Waals surface area contributed by atoms with E-state index in [-0.39, 0.29) is 0 Å². The lowest BCUT2D eigenvalue weighted by molar-refractivity contribution is -0.546. The lowest BCUT2D eigenvalue weighted by Crippen LogP contribution is -2.79. The molecule has 8 heterocycles. The average Bonchev–Trinajstić information content (AvgIpc) is 2.70. The van der Waals surface area contributed by atoms with Gasteiger partial charge < -0.3 is 28.4 Å². The summed E-state index contributed by atoms with van der Waals surface area (Å²) in [6.45, 7) is 3.65. The van der Waals surface area contributed by atoms with E-state index in [1.165, 1.54) is 0 Å². The van der Waals surface area contributed by atoms with Crippen LogP contribution in [0.1, 0.15) is 59.8 Å². The molecule has 43 heavy (non-hydrogen) atoms. The number of rotatable bonds is 4. The van der Waals surface area contributed by atoms with Gasteiger partial charge in [0.2, 0.25) is 0 Å². The van der Waals surface area contributed by atoms with Crippen molar-refractivity contribution in [3.05, 3.63) is 0 Å². The highest BCUT2D eigenvalue weighted by molar-refractivity contribution is 7.62. The van der Waals surface area contributed by atoms with Crippen molar-refractivity contribution in [2.45, 2.75) is 129 Å². The van der Waals surface area contributed by atoms with Crippen molar-refractivity contribution in [3.63, 3.8) is 0 Å². The molecule has 0 aromatic rings. The summed E-state index contributed by atoms with van der Waals surface area (Å²) in [5.74, 6) is -9.47. The molecule has 8 fully saturated rings. The molecule has 8 aliphatic rings. The van der Waals surface area contributed by atoms with Crippen molar-refractivity contribution in [2.75, 3.05) is 12.3 Å². The van der Waals surface area contributed by atoms with Crippen LogP contribution in [0.2, 0.25) is 0 Å². The predicted octanol–water partition coefficient (Wildman–Crippen LogP) is 7.98. The van der Waals surface area contributed by atoms with Crippen LogP contribution in [0.5, 0.6) is 0 Å². The Morgan fingerprint density at radius 2 is 0.837 bits per heavy atom. The molecule has 9 atom stereocenters. The Bertz CT molecular complexity index is 1000. The molecule has 3 unspecified atom stereocenters. The van der Waals surface area contributed by atoms with Crippen LogP contribution in [0.3, 0.4) is 0 Å². The topological polar surface area (TPSA) is 55.4 Å². The number of alkyl halides is 12. The summed E-state index contributed by atoms with van der Waals surface area (Å²) in [5.41, 5.74) is -3.82. The van der Waals surface area contributed by atoms with Crippen LogP contribution in [0.25, 0.3) is 0 Å². The van der Waals surface area contributed by atoms with E-state index in [9.17, 15) is 52.7 Å². The van der Waals surface area contributed by atoms with Crippen LogP contribution in [-0.2, 0) is 28.4 Å². The molecule has 0 amide bonds. The zero-order valence-electron chi connectivity index (χ0n) is 22.8. The Morgan fingerprint density at radius 1 is 0.465 bits per heavy atom. The van der Waals surface area contributed by atoms with Gasteiger partial charge in [0.05, 0.1) is 0 Å². The van der Waals surface area contributed by atoms with E-state index in [0.29, 0.717) is 0 Å². The Balaban J connectivity index is 1.40. The van der Waals surface area contributed by atoms with E-state index in [0.717, 1.165) is 27.7 Å². The third-order valence-electron chi connectivity index (χ3n) is 8.97. The molecule has 6 nitrogen and oxygen atoms in total. The van der Waals surface area contributed by atoms with Gasteiger partial charge in [-0.1, -0.05) is 0 Å². The maximum absolute atomic E-state index is 14.8. The van der Waals surface area contributed by atoms with Gasteiger partial charge in [-0.25, -0.2) is 0 Å². The van der Waals surface area contributed by atoms with E-state index in [4.69, 9.17) is 28.4 Å². The highest BCUT2D eigenvalue weighted by Gasteiger charge is 2.87. The Labute approximate surface area is 238 Å². The Morgan fingerprint density at radius 3 is 1.19 bits per heavy atom. The van der Waals surface area contributed by atoms with E-state index < -0.39 is 129 Å². The predicted molar refractivity (Wildman–Crippen MR) is 122 cm³/mol. The minimum absolute atomic E-state index is 0.884. The van der Waals surface area contributed by atoms with Crippen molar-refractivity contribution < 1.29 is 81.1 Å². The second-order valence-corrected chi connectivity index (χ2v) is 18.2. The molecule has 0 saturated carbocycles. The normalized spacial score (nSPS) is 52.7. The highest BCUT2D eigenvalue weighted by atomic mass is 31.1. The fraction of sp³-hybridized carbons (Fsp3) is 1.00. The second kappa shape index (κ2) is 8.43. The van der Waals surface area contributed by atoms with Crippen LogP contribution in [-0.4, -0.2) is 81.5 Å². The molecule has 0 radical (unpaired) electrons. The highest BCUT2D eigenvalue weighted by Crippen LogP contribution is 2.85. The van der Waals surface area contributed by atoms with Gasteiger partial charge in [0.1, 0.15) is 5.16 Å². The third kappa shape index (κ3) is 4.18. The molecule has 0 aromatic heterocycles. The summed E-state index contributed by atoms with van der Waals surface area (Å²) in [7, 11) is -7.00. The van der Waals surface area contributed by atoms with Gasteiger partial charge in [0.15, 0.2) is 33.8 Å². The number of hydrogen-bond acceptors (Lipinski definition) is 6. The van der Waals surface area contributed by atoms with E-state index in [1.807, 2.05) is 0 Å². The fourth-order valence-electron chi connectivity index (χ4n) is 8.20. The van der Waals surface area contributed by atoms with Crippen LogP contribution in [0.15, 0.2) is 0 Å². The summed E-state index contributed by atoms with van der Waals surface area (Å²) in [6, 6.07) is 0. The maximum Gasteiger partial charge on any atom is 0.447 e. The quantitative estimate of drug-likeness (QED) is 0.221. The molecular formula is C23H26F12O6P2. The molecule has 8 bridgehead atoms. The molecule has 8 rings (SSSR count). The minimum atomic E-state index is -5.55. The molecule has 20 heteroatoms. The van der Waals surface area contributed by atoms with Gasteiger partial charge in [-0.05, 0) is 62.3 Å². The van der Waals surface area contributed by atoms with Gasteiger partial charge >= 0.3 is 24.7 Å². The van der Waals surface area contributed by atoms with Crippen LogP contribution in [0.4, 0.5) is 52.7 Å². The van der Waals surface area contributed by atoms with Crippen molar-refractivity contribution in [3.8, 4) is 0 Å². The molecule has 248 valence electrons. The zero-order valence-corrected chi connectivity index (χ0v) is 24.6. The van der Waals surface area contributed by atoms with E-state index in [2.05, 4.69) is 0 Å². The minimum Gasteiger partial charge on any atom is -0.329 e. The van der Waals surface area contributed by atoms with Crippen molar-refractivity contribution in [2.24, 2.45) is 0 Å². The SMILES string of the molecule is C[C@]12CC3(C(F)(F)F)C[C@](C)(OC(C(F)(F)F)(O1)P3CCCP1[C@]3(C(F)(F)F)C[C@@]4(C)O[C@](C)(C[C@]1(C(F)(F)F)O4)O3)O2. The molecule has 0 spiro atoms. The number of hydrogen-bond donors (Lipinski definition) is 0. The molecule has 0 N–H and O–H groups in total. The summed E-state index contributed by atoms with van der Waals surface area (Å²) >= 11 is 0. The zero-order chi connectivity index (χ0) is 32.3. The summed E-state index contributed by atoms with van der Waals surface area (Å²) in [4.78, 5) is 0. The average molecular weight is 688 g/mol. The number of ether oxygens (including phenoxy) is 6. The van der Waals surface area contributed by atoms with Gasteiger partial charge in [-0.2, -0.15) is 52.7 Å². The van der Waals surface area contributed by atoms with Crippen LogP contribution >= 0.6 is 15.8 Å². The van der Waals surface area contributed by atoms with Gasteiger partial charge in [-0.3, -0.25) is 0 Å². The first-order valence-electron chi connectivity index (χ1n) is 13.1. The van der Waals surface area contributed by atoms with E-state index in [1.54, 1.807) is 0 Å². The maximum atomic E-state index is 14.8. The van der Waals surface area contributed by atoms with Gasteiger partial charge in [-0.15, -0.1) is 0 Å². The summed E-state index contributed by atoms with van der Waals surface area (Å²) in [5, 5.41) is -9.96. The second-order valence-electron chi connectivity index (χ2n) is 12.7. The van der Waals surface area contributed by atoms with Gasteiger partial charge in [0.25, 0.3) is 5.53 Å². The molecular weight excluding hydrogens is 662 g/mol. The Hall–Kier alpha value is -0.220. The molecule has 0 aliphatic carbocycles. The standard InChI is InChI=1S/C23H26F12O6P2/c1-12-8-16(19(24,25)26)9-13(2,36-12)41-23(40-12,22(33,34)35)42(16)6-5-7-43-17(20(27,28)29)10-14(3)37-15(4,39-17)11-18(43,38-14)21(30,31)32/h5-11H2,1-4H3/t12-,13+,14-,15-,16?,17-,18-,23?,42?/m0/s1. The van der Waals surface area contributed by atoms with E-state index >= 15 is 0 Å². The first kappa shape index (κ1) is 32.7. The fourth-order valence-corrected chi connectivity index (χ4v) is 16.3. The van der Waals surface area contributed by atoms with Crippen molar-refractivity contribution >= 4 is 15.8 Å². The lowest BCUT2D eigenvalue weighted by atomic mass is 9.86. The molecule has 8 aliphatic heterocycles. The lowest BCUT2D eigenvalue weighted by Gasteiger charge is -2.71. The van der Waals surface area contributed by atoms with Crippen LogP contribution in [0, 0.1) is 0 Å². The summed E-state index contributed by atoms with van der Waals surface area (Å²) < 4.78 is 208. The third-order valence-corrected chi connectivity index (χ3v) is 16.0. The van der Waals surface area contributed by atoms with Crippen molar-refractivity contribution in [1.29, 1.82) is 0 Å². The monoisotopic (exact) mass is 688 g/mol. The smallest absolute Gasteiger partial charge is 0.329 e. The van der Waals surface area contributed by atoms with Gasteiger partial charge in [0, 0.05) is 25.7 Å². The first-order chi connectivity index (χ1) is 19.0. The summed E-state index contributed by atoms with van der Waals surface area (Å²) in [6.07, 6.45) is -29.2. The van der Waals surface area contributed by atoms with Crippen LogP contribution < -0.4 is 0 Å². The first-order valence-corrected chi connectivity index (χ1v) is 16.1.